The molecule has 0 spiro atoms. The number of Topliss-reactive ketones (excluding diaryl/α,β-unsaturated/α-hetero) is 1. The standard InChI is InChI=1S/C22H15F3N2O4S/c1-31-14-6-3-2-5-11(14)13-9-8-12-17(26-13)19(29)16(18(28)15-7-4-10-32-15)20(22(23,24)25)27-21(12)30/h2-10,19,29H,1H3,(H,27,30). The van der Waals surface area contributed by atoms with Crippen LogP contribution in [0.3, 0.4) is 0 Å². The summed E-state index contributed by atoms with van der Waals surface area (Å²) in [6.45, 7) is 0. The van der Waals surface area contributed by atoms with Crippen molar-refractivity contribution in [2.75, 3.05) is 7.11 Å². The zero-order chi connectivity index (χ0) is 23.0. The fraction of sp³-hybridized carbons (Fsp3) is 0.136. The molecule has 0 fully saturated rings. The van der Waals surface area contributed by atoms with Crippen molar-refractivity contribution in [1.29, 1.82) is 0 Å². The van der Waals surface area contributed by atoms with Gasteiger partial charge >= 0.3 is 6.18 Å². The number of carbonyl (C=O) groups is 2. The summed E-state index contributed by atoms with van der Waals surface area (Å²) in [5.74, 6) is -1.73. The SMILES string of the molecule is COc1ccccc1-c1ccc2c(n1)C(O)C(C(=O)c1cccs1)=C(C(F)(F)F)NC2=O. The molecule has 0 saturated heterocycles. The smallest absolute Gasteiger partial charge is 0.431 e. The number of para-hydroxylation sites is 1. The monoisotopic (exact) mass is 460 g/mol. The van der Waals surface area contributed by atoms with E-state index in [1.54, 1.807) is 29.6 Å². The maximum Gasteiger partial charge on any atom is 0.431 e. The highest BCUT2D eigenvalue weighted by molar-refractivity contribution is 7.12. The number of hydrogen-bond acceptors (Lipinski definition) is 6. The summed E-state index contributed by atoms with van der Waals surface area (Å²) in [4.78, 5) is 29.8. The molecule has 1 aliphatic rings. The molecule has 0 aliphatic carbocycles. The summed E-state index contributed by atoms with van der Waals surface area (Å²) >= 11 is 0.921. The number of amides is 1. The number of ketones is 1. The molecule has 0 saturated carbocycles. The van der Waals surface area contributed by atoms with Crippen molar-refractivity contribution in [1.82, 2.24) is 10.3 Å². The van der Waals surface area contributed by atoms with Crippen molar-refractivity contribution in [3.05, 3.63) is 81.3 Å². The van der Waals surface area contributed by atoms with Gasteiger partial charge in [-0.15, -0.1) is 11.3 Å². The van der Waals surface area contributed by atoms with E-state index in [1.807, 2.05) is 0 Å². The van der Waals surface area contributed by atoms with Crippen LogP contribution in [0.5, 0.6) is 5.75 Å². The first-order valence-electron chi connectivity index (χ1n) is 9.25. The van der Waals surface area contributed by atoms with Gasteiger partial charge in [0.2, 0.25) is 5.78 Å². The van der Waals surface area contributed by atoms with E-state index in [9.17, 15) is 27.9 Å². The van der Waals surface area contributed by atoms with Gasteiger partial charge in [-0.1, -0.05) is 18.2 Å². The molecule has 1 amide bonds. The van der Waals surface area contributed by atoms with Gasteiger partial charge in [0.25, 0.3) is 5.91 Å². The molecule has 2 N–H and O–H groups in total. The third kappa shape index (κ3) is 3.78. The third-order valence-corrected chi connectivity index (χ3v) is 5.73. The number of pyridine rings is 1. The molecule has 1 atom stereocenters. The number of carbonyl (C=O) groups excluding carboxylic acids is 2. The van der Waals surface area contributed by atoms with Crippen LogP contribution < -0.4 is 10.1 Å². The van der Waals surface area contributed by atoms with E-state index in [-0.39, 0.29) is 21.8 Å². The van der Waals surface area contributed by atoms with Gasteiger partial charge in [0.15, 0.2) is 0 Å². The van der Waals surface area contributed by atoms with E-state index in [0.29, 0.717) is 11.3 Å². The molecule has 3 heterocycles. The quantitative estimate of drug-likeness (QED) is 0.567. The first-order valence-corrected chi connectivity index (χ1v) is 10.1. The number of aliphatic hydroxyl groups excluding tert-OH is 1. The van der Waals surface area contributed by atoms with Crippen LogP contribution in [0.2, 0.25) is 0 Å². The largest absolute Gasteiger partial charge is 0.496 e. The molecule has 0 bridgehead atoms. The Balaban J connectivity index is 1.93. The zero-order valence-electron chi connectivity index (χ0n) is 16.4. The Kier molecular flexibility index (Phi) is 5.57. The van der Waals surface area contributed by atoms with Crippen LogP contribution in [0.15, 0.2) is 65.2 Å². The van der Waals surface area contributed by atoms with Crippen molar-refractivity contribution in [2.24, 2.45) is 0 Å². The van der Waals surface area contributed by atoms with Crippen molar-refractivity contribution in [2.45, 2.75) is 12.3 Å². The second kappa shape index (κ2) is 8.21. The third-order valence-electron chi connectivity index (χ3n) is 4.87. The Hall–Kier alpha value is -3.50. The maximum absolute atomic E-state index is 13.8. The number of nitrogens with zero attached hydrogens (tertiary/aromatic N) is 1. The maximum atomic E-state index is 13.8. The number of nitrogens with one attached hydrogen (secondary N) is 1. The molecule has 1 unspecified atom stereocenters. The van der Waals surface area contributed by atoms with E-state index < -0.39 is 35.2 Å². The lowest BCUT2D eigenvalue weighted by Crippen LogP contribution is -2.33. The van der Waals surface area contributed by atoms with Crippen molar-refractivity contribution in [3.63, 3.8) is 0 Å². The highest BCUT2D eigenvalue weighted by Gasteiger charge is 2.45. The number of fused-ring (bicyclic) bond motifs is 1. The molecule has 1 aliphatic heterocycles. The van der Waals surface area contributed by atoms with E-state index in [4.69, 9.17) is 4.74 Å². The molecular formula is C22H15F3N2O4S. The molecule has 1 aromatic carbocycles. The fourth-order valence-electron chi connectivity index (χ4n) is 3.41. The topological polar surface area (TPSA) is 88.5 Å². The summed E-state index contributed by atoms with van der Waals surface area (Å²) in [6, 6.07) is 12.3. The van der Waals surface area contributed by atoms with E-state index in [1.165, 1.54) is 36.8 Å². The molecule has 3 aromatic rings. The number of rotatable bonds is 4. The van der Waals surface area contributed by atoms with Gasteiger partial charge in [0.1, 0.15) is 17.6 Å². The Bertz CT molecular complexity index is 1240. The normalized spacial score (nSPS) is 16.3. The Morgan fingerprint density at radius 1 is 1.12 bits per heavy atom. The molecule has 32 heavy (non-hydrogen) atoms. The van der Waals surface area contributed by atoms with Crippen molar-refractivity contribution < 1.29 is 32.6 Å². The van der Waals surface area contributed by atoms with Crippen molar-refractivity contribution >= 4 is 23.0 Å². The highest BCUT2D eigenvalue weighted by Crippen LogP contribution is 2.39. The van der Waals surface area contributed by atoms with E-state index in [2.05, 4.69) is 4.98 Å². The molecule has 4 rings (SSSR count). The number of aromatic nitrogens is 1. The first kappa shape index (κ1) is 21.7. The number of ether oxygens (including phenoxy) is 1. The fourth-order valence-corrected chi connectivity index (χ4v) is 4.08. The second-order valence-electron chi connectivity index (χ2n) is 6.78. The lowest BCUT2D eigenvalue weighted by molar-refractivity contribution is -0.0973. The first-order chi connectivity index (χ1) is 15.2. The summed E-state index contributed by atoms with van der Waals surface area (Å²) in [7, 11) is 1.45. The Morgan fingerprint density at radius 2 is 1.88 bits per heavy atom. The molecule has 2 aromatic heterocycles. The number of thiophene rings is 1. The van der Waals surface area contributed by atoms with E-state index in [0.717, 1.165) is 11.3 Å². The lowest BCUT2D eigenvalue weighted by atomic mass is 9.96. The average molecular weight is 460 g/mol. The molecule has 0 radical (unpaired) electrons. The number of hydrogen-bond donors (Lipinski definition) is 2. The van der Waals surface area contributed by atoms with Gasteiger partial charge in [-0.3, -0.25) is 9.59 Å². The zero-order valence-corrected chi connectivity index (χ0v) is 17.3. The summed E-state index contributed by atoms with van der Waals surface area (Å²) in [5, 5.41) is 14.2. The van der Waals surface area contributed by atoms with Gasteiger partial charge in [-0.05, 0) is 35.7 Å². The van der Waals surface area contributed by atoms with Crippen LogP contribution in [-0.4, -0.2) is 35.1 Å². The summed E-state index contributed by atoms with van der Waals surface area (Å²) < 4.78 is 46.7. The van der Waals surface area contributed by atoms with Gasteiger partial charge < -0.3 is 15.2 Å². The van der Waals surface area contributed by atoms with Gasteiger partial charge in [-0.25, -0.2) is 4.98 Å². The number of methoxy groups -OCH3 is 1. The number of benzene rings is 1. The average Bonchev–Trinajstić information content (AvgIpc) is 3.28. The number of aliphatic hydroxyl groups is 1. The van der Waals surface area contributed by atoms with Crippen LogP contribution >= 0.6 is 11.3 Å². The Labute approximate surface area is 184 Å². The lowest BCUT2D eigenvalue weighted by Gasteiger charge is -2.18. The van der Waals surface area contributed by atoms with Crippen LogP contribution in [0.4, 0.5) is 13.2 Å². The van der Waals surface area contributed by atoms with Gasteiger partial charge in [0.05, 0.1) is 34.5 Å². The van der Waals surface area contributed by atoms with Gasteiger partial charge in [-0.2, -0.15) is 13.2 Å². The second-order valence-corrected chi connectivity index (χ2v) is 7.73. The minimum absolute atomic E-state index is 0.0145. The number of allylic oxidation sites excluding steroid dienone is 1. The van der Waals surface area contributed by atoms with Crippen LogP contribution in [0, 0.1) is 0 Å². The van der Waals surface area contributed by atoms with Crippen LogP contribution in [0.25, 0.3) is 11.3 Å². The van der Waals surface area contributed by atoms with Crippen molar-refractivity contribution in [3.8, 4) is 17.0 Å². The van der Waals surface area contributed by atoms with Crippen LogP contribution in [-0.2, 0) is 0 Å². The summed E-state index contributed by atoms with van der Waals surface area (Å²) in [6.07, 6.45) is -7.18. The van der Waals surface area contributed by atoms with Crippen LogP contribution in [0.1, 0.15) is 31.8 Å². The van der Waals surface area contributed by atoms with Gasteiger partial charge in [0, 0.05) is 5.56 Å². The predicted octanol–water partition coefficient (Wildman–Crippen LogP) is 4.29. The van der Waals surface area contributed by atoms with E-state index >= 15 is 0 Å². The molecule has 10 heteroatoms. The predicted molar refractivity (Wildman–Crippen MR) is 110 cm³/mol. The molecule has 164 valence electrons. The molecular weight excluding hydrogens is 445 g/mol. The number of alkyl halides is 3. The Morgan fingerprint density at radius 3 is 2.53 bits per heavy atom. The highest BCUT2D eigenvalue weighted by atomic mass is 32.1. The number of halogens is 3. The minimum Gasteiger partial charge on any atom is -0.496 e. The minimum atomic E-state index is -5.09. The summed E-state index contributed by atoms with van der Waals surface area (Å²) in [5.41, 5.74) is -2.47. The molecule has 6 nitrogen and oxygen atoms in total.